The van der Waals surface area contributed by atoms with E-state index >= 15 is 0 Å². The average molecular weight is 361 g/mol. The number of aryl methyl sites for hydroxylation is 3. The molecule has 0 spiro atoms. The van der Waals surface area contributed by atoms with Gasteiger partial charge in [-0.05, 0) is 56.4 Å². The van der Waals surface area contributed by atoms with Crippen molar-refractivity contribution in [3.05, 3.63) is 65.5 Å². The Bertz CT molecular complexity index is 929. The number of aromatic nitrogens is 2. The molecule has 2 aromatic carbocycles. The summed E-state index contributed by atoms with van der Waals surface area (Å²) in [5.74, 6) is 1.15. The van der Waals surface area contributed by atoms with E-state index in [1.165, 1.54) is 24.8 Å². The minimum atomic E-state index is -0.0133. The van der Waals surface area contributed by atoms with Crippen molar-refractivity contribution < 1.29 is 4.79 Å². The molecule has 1 N–H and O–H groups in total. The first-order valence-corrected chi connectivity index (χ1v) is 10.0. The van der Waals surface area contributed by atoms with Crippen molar-refractivity contribution in [3.8, 4) is 0 Å². The van der Waals surface area contributed by atoms with Crippen LogP contribution in [0.15, 0.2) is 48.5 Å². The number of benzene rings is 2. The lowest BCUT2D eigenvalue weighted by Gasteiger charge is -2.14. The third kappa shape index (κ3) is 4.05. The van der Waals surface area contributed by atoms with Crippen molar-refractivity contribution in [1.29, 1.82) is 0 Å². The van der Waals surface area contributed by atoms with E-state index in [1.807, 2.05) is 18.2 Å². The molecule has 1 unspecified atom stereocenters. The summed E-state index contributed by atoms with van der Waals surface area (Å²) in [5, 5.41) is 3.13. The van der Waals surface area contributed by atoms with Crippen LogP contribution in [0.25, 0.3) is 11.0 Å². The Labute approximate surface area is 160 Å². The van der Waals surface area contributed by atoms with Gasteiger partial charge < -0.3 is 9.88 Å². The van der Waals surface area contributed by atoms with Crippen LogP contribution in [0.3, 0.4) is 0 Å². The lowest BCUT2D eigenvalue weighted by Crippen LogP contribution is -2.32. The molecule has 0 bridgehead atoms. The lowest BCUT2D eigenvalue weighted by atomic mass is 10.1. The van der Waals surface area contributed by atoms with E-state index in [0.29, 0.717) is 5.56 Å². The Hall–Kier alpha value is -2.62. The average Bonchev–Trinajstić information content (AvgIpc) is 2.87. The maximum absolute atomic E-state index is 12.7. The quantitative estimate of drug-likeness (QED) is 0.726. The topological polar surface area (TPSA) is 46.9 Å². The van der Waals surface area contributed by atoms with E-state index in [-0.39, 0.29) is 11.9 Å². The SMILES string of the molecule is CC(CCc1ccccc1)NC(=O)c1ccc2c(c1)nc1n2CCCCC1. The molecular weight excluding hydrogens is 334 g/mol. The fourth-order valence-corrected chi connectivity index (χ4v) is 3.90. The van der Waals surface area contributed by atoms with Crippen molar-refractivity contribution >= 4 is 16.9 Å². The van der Waals surface area contributed by atoms with Gasteiger partial charge in [0.15, 0.2) is 0 Å². The highest BCUT2D eigenvalue weighted by molar-refractivity contribution is 5.97. The number of carbonyl (C=O) groups excluding carboxylic acids is 1. The Morgan fingerprint density at radius 1 is 1.15 bits per heavy atom. The number of nitrogens with zero attached hydrogens (tertiary/aromatic N) is 2. The van der Waals surface area contributed by atoms with E-state index in [1.54, 1.807) is 0 Å². The fourth-order valence-electron chi connectivity index (χ4n) is 3.90. The van der Waals surface area contributed by atoms with Gasteiger partial charge in [-0.3, -0.25) is 4.79 Å². The largest absolute Gasteiger partial charge is 0.350 e. The number of rotatable bonds is 5. The molecule has 2 heterocycles. The summed E-state index contributed by atoms with van der Waals surface area (Å²) >= 11 is 0. The Morgan fingerprint density at radius 2 is 2.00 bits per heavy atom. The fraction of sp³-hybridized carbons (Fsp3) is 0.391. The van der Waals surface area contributed by atoms with Crippen LogP contribution in [0, 0.1) is 0 Å². The molecule has 1 atom stereocenters. The van der Waals surface area contributed by atoms with Crippen molar-refractivity contribution in [1.82, 2.24) is 14.9 Å². The minimum absolute atomic E-state index is 0.0133. The number of hydrogen-bond donors (Lipinski definition) is 1. The molecule has 27 heavy (non-hydrogen) atoms. The summed E-state index contributed by atoms with van der Waals surface area (Å²) in [5.41, 5.74) is 4.10. The second-order valence-corrected chi connectivity index (χ2v) is 7.59. The summed E-state index contributed by atoms with van der Waals surface area (Å²) in [6.45, 7) is 3.10. The monoisotopic (exact) mass is 361 g/mol. The van der Waals surface area contributed by atoms with Crippen LogP contribution >= 0.6 is 0 Å². The molecule has 4 rings (SSSR count). The standard InChI is InChI=1S/C23H27N3O/c1-17(11-12-18-8-4-2-5-9-18)24-23(27)19-13-14-21-20(16-19)25-22-10-6-3-7-15-26(21)22/h2,4-5,8-9,13-14,16-17H,3,6-7,10-12,15H2,1H3,(H,24,27). The van der Waals surface area contributed by atoms with Gasteiger partial charge in [-0.2, -0.15) is 0 Å². The van der Waals surface area contributed by atoms with E-state index in [0.717, 1.165) is 42.7 Å². The van der Waals surface area contributed by atoms with E-state index in [4.69, 9.17) is 4.98 Å². The minimum Gasteiger partial charge on any atom is -0.350 e. The Kier molecular flexibility index (Phi) is 5.23. The molecule has 1 aromatic heterocycles. The number of imidazole rings is 1. The number of fused-ring (bicyclic) bond motifs is 3. The second-order valence-electron chi connectivity index (χ2n) is 7.59. The summed E-state index contributed by atoms with van der Waals surface area (Å²) < 4.78 is 2.33. The van der Waals surface area contributed by atoms with Gasteiger partial charge in [-0.25, -0.2) is 4.98 Å². The first-order chi connectivity index (χ1) is 13.2. The molecule has 1 aliphatic heterocycles. The molecule has 140 valence electrons. The highest BCUT2D eigenvalue weighted by atomic mass is 16.1. The van der Waals surface area contributed by atoms with Crippen LogP contribution in [0.4, 0.5) is 0 Å². The van der Waals surface area contributed by atoms with Crippen molar-refractivity contribution in [2.24, 2.45) is 0 Å². The molecule has 0 fully saturated rings. The zero-order chi connectivity index (χ0) is 18.6. The third-order valence-corrected chi connectivity index (χ3v) is 5.46. The predicted molar refractivity (Wildman–Crippen MR) is 109 cm³/mol. The molecule has 4 heteroatoms. The lowest BCUT2D eigenvalue weighted by molar-refractivity contribution is 0.0938. The first kappa shape index (κ1) is 17.8. The molecule has 0 aliphatic carbocycles. The Balaban J connectivity index is 1.43. The van der Waals surface area contributed by atoms with Gasteiger partial charge in [0.25, 0.3) is 5.91 Å². The zero-order valence-electron chi connectivity index (χ0n) is 15.9. The maximum atomic E-state index is 12.7. The smallest absolute Gasteiger partial charge is 0.251 e. The summed E-state index contributed by atoms with van der Waals surface area (Å²) in [6, 6.07) is 16.5. The van der Waals surface area contributed by atoms with Crippen LogP contribution in [-0.4, -0.2) is 21.5 Å². The normalized spacial score (nSPS) is 15.1. The van der Waals surface area contributed by atoms with Gasteiger partial charge >= 0.3 is 0 Å². The second kappa shape index (κ2) is 7.95. The molecule has 1 aliphatic rings. The van der Waals surface area contributed by atoms with E-state index in [2.05, 4.69) is 47.1 Å². The van der Waals surface area contributed by atoms with E-state index in [9.17, 15) is 4.79 Å². The van der Waals surface area contributed by atoms with Gasteiger partial charge in [0, 0.05) is 24.6 Å². The van der Waals surface area contributed by atoms with Crippen LogP contribution in [0.5, 0.6) is 0 Å². The highest BCUT2D eigenvalue weighted by Gasteiger charge is 2.16. The molecule has 1 amide bonds. The Morgan fingerprint density at radius 3 is 2.85 bits per heavy atom. The van der Waals surface area contributed by atoms with Crippen LogP contribution in [0.1, 0.15) is 54.4 Å². The van der Waals surface area contributed by atoms with Crippen LogP contribution < -0.4 is 5.32 Å². The molecule has 0 saturated carbocycles. The number of hydrogen-bond acceptors (Lipinski definition) is 2. The molecule has 0 saturated heterocycles. The third-order valence-electron chi connectivity index (χ3n) is 5.46. The number of amides is 1. The van der Waals surface area contributed by atoms with Crippen LogP contribution in [-0.2, 0) is 19.4 Å². The van der Waals surface area contributed by atoms with Crippen LogP contribution in [0.2, 0.25) is 0 Å². The van der Waals surface area contributed by atoms with Crippen molar-refractivity contribution in [2.45, 2.75) is 58.0 Å². The zero-order valence-corrected chi connectivity index (χ0v) is 15.9. The highest BCUT2D eigenvalue weighted by Crippen LogP contribution is 2.23. The molecule has 0 radical (unpaired) electrons. The molecular formula is C23H27N3O. The summed E-state index contributed by atoms with van der Waals surface area (Å²) in [6.07, 6.45) is 6.61. The van der Waals surface area contributed by atoms with Gasteiger partial charge in [0.2, 0.25) is 0 Å². The van der Waals surface area contributed by atoms with Crippen molar-refractivity contribution in [2.75, 3.05) is 0 Å². The van der Waals surface area contributed by atoms with Gasteiger partial charge in [0.05, 0.1) is 11.0 Å². The summed E-state index contributed by atoms with van der Waals surface area (Å²) in [7, 11) is 0. The summed E-state index contributed by atoms with van der Waals surface area (Å²) in [4.78, 5) is 17.5. The molecule has 4 nitrogen and oxygen atoms in total. The number of carbonyl (C=O) groups is 1. The van der Waals surface area contributed by atoms with Gasteiger partial charge in [-0.1, -0.05) is 36.8 Å². The predicted octanol–water partition coefficient (Wildman–Crippen LogP) is 4.51. The van der Waals surface area contributed by atoms with Gasteiger partial charge in [-0.15, -0.1) is 0 Å². The first-order valence-electron chi connectivity index (χ1n) is 10.0. The van der Waals surface area contributed by atoms with Gasteiger partial charge in [0.1, 0.15) is 5.82 Å². The van der Waals surface area contributed by atoms with Crippen molar-refractivity contribution in [3.63, 3.8) is 0 Å². The molecule has 3 aromatic rings. The maximum Gasteiger partial charge on any atom is 0.251 e. The van der Waals surface area contributed by atoms with E-state index < -0.39 is 0 Å². The number of nitrogens with one attached hydrogen (secondary N) is 1.